The first-order chi connectivity index (χ1) is 9.99. The van der Waals surface area contributed by atoms with Crippen LogP contribution in [0.15, 0.2) is 12.3 Å². The van der Waals surface area contributed by atoms with Crippen LogP contribution < -0.4 is 5.73 Å². The molecule has 0 aliphatic carbocycles. The number of pyridine rings is 1. The minimum absolute atomic E-state index is 0.0223. The number of aromatic nitrogens is 1. The first kappa shape index (κ1) is 15.2. The molecule has 8 heteroatoms. The summed E-state index contributed by atoms with van der Waals surface area (Å²) in [5, 5.41) is 11.0. The van der Waals surface area contributed by atoms with E-state index in [1.54, 1.807) is 7.05 Å². The number of carbonyl (C=O) groups is 1. The van der Waals surface area contributed by atoms with E-state index in [1.165, 1.54) is 11.0 Å². The quantitative estimate of drug-likeness (QED) is 0.660. The van der Waals surface area contributed by atoms with Crippen molar-refractivity contribution in [2.45, 2.75) is 25.4 Å². The summed E-state index contributed by atoms with van der Waals surface area (Å²) >= 11 is 0. The SMILES string of the molecule is CN(CC1CCCCO1)C(=O)c1cc(N)ncc1[N+](=O)[O-]. The highest BCUT2D eigenvalue weighted by molar-refractivity contribution is 5.98. The fourth-order valence-corrected chi connectivity index (χ4v) is 2.33. The third kappa shape index (κ3) is 3.66. The zero-order valence-electron chi connectivity index (χ0n) is 11.8. The summed E-state index contributed by atoms with van der Waals surface area (Å²) in [6.45, 7) is 1.09. The van der Waals surface area contributed by atoms with Gasteiger partial charge in [-0.1, -0.05) is 0 Å². The van der Waals surface area contributed by atoms with E-state index in [0.29, 0.717) is 13.2 Å². The van der Waals surface area contributed by atoms with Gasteiger partial charge in [-0.15, -0.1) is 0 Å². The predicted molar refractivity (Wildman–Crippen MR) is 75.9 cm³/mol. The van der Waals surface area contributed by atoms with Gasteiger partial charge in [-0.2, -0.15) is 0 Å². The van der Waals surface area contributed by atoms with Gasteiger partial charge in [0.2, 0.25) is 0 Å². The zero-order chi connectivity index (χ0) is 15.4. The van der Waals surface area contributed by atoms with Gasteiger partial charge < -0.3 is 15.4 Å². The van der Waals surface area contributed by atoms with E-state index in [4.69, 9.17) is 10.5 Å². The van der Waals surface area contributed by atoms with Crippen LogP contribution >= 0.6 is 0 Å². The number of ether oxygens (including phenoxy) is 1. The normalized spacial score (nSPS) is 18.2. The van der Waals surface area contributed by atoms with Crippen LogP contribution in [0.25, 0.3) is 0 Å². The highest BCUT2D eigenvalue weighted by Crippen LogP contribution is 2.21. The topological polar surface area (TPSA) is 112 Å². The standard InChI is InChI=1S/C13H18N4O4/c1-16(8-9-4-2-3-5-21-9)13(18)10-6-12(14)15-7-11(10)17(19)20/h6-7,9H,2-5,8H2,1H3,(H2,14,15). The Morgan fingerprint density at radius 1 is 1.62 bits per heavy atom. The molecule has 1 aliphatic rings. The fourth-order valence-electron chi connectivity index (χ4n) is 2.33. The Morgan fingerprint density at radius 3 is 3.00 bits per heavy atom. The number of carbonyl (C=O) groups excluding carboxylic acids is 1. The van der Waals surface area contributed by atoms with Gasteiger partial charge in [0.05, 0.1) is 11.0 Å². The number of hydrogen-bond acceptors (Lipinski definition) is 6. The highest BCUT2D eigenvalue weighted by Gasteiger charge is 2.26. The molecule has 1 aromatic heterocycles. The summed E-state index contributed by atoms with van der Waals surface area (Å²) in [4.78, 5) is 27.8. The zero-order valence-corrected chi connectivity index (χ0v) is 11.8. The Kier molecular flexibility index (Phi) is 4.69. The molecule has 1 unspecified atom stereocenters. The van der Waals surface area contributed by atoms with Gasteiger partial charge in [-0.25, -0.2) is 4.98 Å². The van der Waals surface area contributed by atoms with E-state index in [0.717, 1.165) is 25.5 Å². The molecule has 0 bridgehead atoms. The van der Waals surface area contributed by atoms with Crippen LogP contribution in [0.1, 0.15) is 29.6 Å². The third-order valence-corrected chi connectivity index (χ3v) is 3.43. The number of hydrogen-bond donors (Lipinski definition) is 1. The molecule has 2 N–H and O–H groups in total. The number of nitrogens with two attached hydrogens (primary N) is 1. The van der Waals surface area contributed by atoms with E-state index in [-0.39, 0.29) is 23.2 Å². The van der Waals surface area contributed by atoms with Crippen molar-refractivity contribution in [2.75, 3.05) is 25.9 Å². The molecule has 21 heavy (non-hydrogen) atoms. The van der Waals surface area contributed by atoms with Gasteiger partial charge in [0.1, 0.15) is 17.6 Å². The molecule has 1 amide bonds. The molecule has 1 saturated heterocycles. The summed E-state index contributed by atoms with van der Waals surface area (Å²) in [5.74, 6) is -0.378. The lowest BCUT2D eigenvalue weighted by atomic mass is 10.1. The van der Waals surface area contributed by atoms with Crippen LogP contribution in [0, 0.1) is 10.1 Å². The van der Waals surface area contributed by atoms with Crippen molar-refractivity contribution in [2.24, 2.45) is 0 Å². The Labute approximate surface area is 122 Å². The number of likely N-dealkylation sites (N-methyl/N-ethyl adjacent to an activating group) is 1. The maximum Gasteiger partial charge on any atom is 0.300 e. The molecule has 2 heterocycles. The molecule has 1 aliphatic heterocycles. The van der Waals surface area contributed by atoms with Crippen molar-refractivity contribution in [1.82, 2.24) is 9.88 Å². The maximum absolute atomic E-state index is 12.4. The number of amides is 1. The molecule has 114 valence electrons. The van der Waals surface area contributed by atoms with Crippen molar-refractivity contribution >= 4 is 17.4 Å². The van der Waals surface area contributed by atoms with E-state index in [1.807, 2.05) is 0 Å². The lowest BCUT2D eigenvalue weighted by molar-refractivity contribution is -0.385. The molecule has 1 fully saturated rings. The molecule has 2 rings (SSSR count). The summed E-state index contributed by atoms with van der Waals surface area (Å²) in [6, 6.07) is 1.23. The molecule has 0 saturated carbocycles. The van der Waals surface area contributed by atoms with Crippen LogP contribution in [0.2, 0.25) is 0 Å². The van der Waals surface area contributed by atoms with Crippen molar-refractivity contribution in [3.8, 4) is 0 Å². The average molecular weight is 294 g/mol. The Bertz CT molecular complexity index is 543. The van der Waals surface area contributed by atoms with Crippen LogP contribution in [-0.4, -0.2) is 47.0 Å². The van der Waals surface area contributed by atoms with Gasteiger partial charge in [-0.3, -0.25) is 14.9 Å². The lowest BCUT2D eigenvalue weighted by Gasteiger charge is -2.27. The van der Waals surface area contributed by atoms with Crippen LogP contribution in [0.5, 0.6) is 0 Å². The van der Waals surface area contributed by atoms with Crippen LogP contribution in [-0.2, 0) is 4.74 Å². The highest BCUT2D eigenvalue weighted by atomic mass is 16.6. The second kappa shape index (κ2) is 6.49. The van der Waals surface area contributed by atoms with E-state index in [2.05, 4.69) is 4.98 Å². The number of nitro groups is 1. The Morgan fingerprint density at radius 2 is 2.38 bits per heavy atom. The number of rotatable bonds is 4. The number of anilines is 1. The van der Waals surface area contributed by atoms with E-state index in [9.17, 15) is 14.9 Å². The maximum atomic E-state index is 12.4. The number of nitrogens with zero attached hydrogens (tertiary/aromatic N) is 3. The molecule has 8 nitrogen and oxygen atoms in total. The lowest BCUT2D eigenvalue weighted by Crippen LogP contribution is -2.37. The molecule has 0 radical (unpaired) electrons. The van der Waals surface area contributed by atoms with Crippen molar-refractivity contribution in [3.05, 3.63) is 27.9 Å². The largest absolute Gasteiger partial charge is 0.384 e. The van der Waals surface area contributed by atoms with Crippen molar-refractivity contribution in [3.63, 3.8) is 0 Å². The van der Waals surface area contributed by atoms with E-state index < -0.39 is 10.8 Å². The van der Waals surface area contributed by atoms with Crippen molar-refractivity contribution in [1.29, 1.82) is 0 Å². The van der Waals surface area contributed by atoms with Gasteiger partial charge >= 0.3 is 0 Å². The average Bonchev–Trinajstić information content (AvgIpc) is 2.47. The second-order valence-corrected chi connectivity index (χ2v) is 5.06. The van der Waals surface area contributed by atoms with Gasteiger partial charge in [0.25, 0.3) is 11.6 Å². The first-order valence-corrected chi connectivity index (χ1v) is 6.76. The number of nitrogen functional groups attached to an aromatic ring is 1. The molecular formula is C13H18N4O4. The van der Waals surface area contributed by atoms with E-state index >= 15 is 0 Å². The van der Waals surface area contributed by atoms with Crippen LogP contribution in [0.3, 0.4) is 0 Å². The summed E-state index contributed by atoms with van der Waals surface area (Å²) < 4.78 is 5.57. The third-order valence-electron chi connectivity index (χ3n) is 3.43. The minimum atomic E-state index is -0.634. The monoisotopic (exact) mass is 294 g/mol. The smallest absolute Gasteiger partial charge is 0.300 e. The fraction of sp³-hybridized carbons (Fsp3) is 0.538. The Hall–Kier alpha value is -2.22. The first-order valence-electron chi connectivity index (χ1n) is 6.76. The summed E-state index contributed by atoms with van der Waals surface area (Å²) in [6.07, 6.45) is 3.97. The summed E-state index contributed by atoms with van der Waals surface area (Å²) in [5.41, 5.74) is 5.13. The molecule has 0 spiro atoms. The van der Waals surface area contributed by atoms with Crippen molar-refractivity contribution < 1.29 is 14.5 Å². The molecular weight excluding hydrogens is 276 g/mol. The second-order valence-electron chi connectivity index (χ2n) is 5.06. The molecule has 1 aromatic rings. The minimum Gasteiger partial charge on any atom is -0.384 e. The molecule has 1 atom stereocenters. The van der Waals surface area contributed by atoms with Crippen LogP contribution in [0.4, 0.5) is 11.5 Å². The van der Waals surface area contributed by atoms with Gasteiger partial charge in [0, 0.05) is 20.2 Å². The molecule has 0 aromatic carbocycles. The summed E-state index contributed by atoms with van der Waals surface area (Å²) in [7, 11) is 1.60. The predicted octanol–water partition coefficient (Wildman–Crippen LogP) is 1.21. The van der Waals surface area contributed by atoms with Gasteiger partial charge in [0.15, 0.2) is 0 Å². The Balaban J connectivity index is 2.14. The van der Waals surface area contributed by atoms with Gasteiger partial charge in [-0.05, 0) is 25.3 Å².